The van der Waals surface area contributed by atoms with Gasteiger partial charge in [-0.2, -0.15) is 0 Å². The van der Waals surface area contributed by atoms with E-state index in [2.05, 4.69) is 55.4 Å². The highest BCUT2D eigenvalue weighted by molar-refractivity contribution is 7.47. The first-order valence-electron chi connectivity index (χ1n) is 36.3. The molecule has 0 spiro atoms. The zero-order valence-corrected chi connectivity index (χ0v) is 59.8. The minimum absolute atomic E-state index is 0.105. The van der Waals surface area contributed by atoms with E-state index in [9.17, 15) is 43.2 Å². The maximum Gasteiger partial charge on any atom is 0.472 e. The Morgan fingerprint density at radius 1 is 0.315 bits per heavy atom. The molecule has 19 heteroatoms. The van der Waals surface area contributed by atoms with Gasteiger partial charge in [-0.25, -0.2) is 9.13 Å². The normalized spacial score (nSPS) is 14.9. The fraction of sp³-hybridized carbons (Fsp3) is 0.943. The molecule has 528 valence electrons. The van der Waals surface area contributed by atoms with Crippen molar-refractivity contribution >= 4 is 39.5 Å². The molecule has 3 N–H and O–H groups in total. The van der Waals surface area contributed by atoms with Gasteiger partial charge in [-0.3, -0.25) is 37.3 Å². The van der Waals surface area contributed by atoms with Crippen molar-refractivity contribution in [3.05, 3.63) is 0 Å². The maximum absolute atomic E-state index is 13.0. The molecule has 7 atom stereocenters. The van der Waals surface area contributed by atoms with E-state index in [1.165, 1.54) is 135 Å². The molecule has 0 aromatic carbocycles. The maximum atomic E-state index is 13.0. The van der Waals surface area contributed by atoms with Gasteiger partial charge in [0, 0.05) is 25.7 Å². The summed E-state index contributed by atoms with van der Waals surface area (Å²) in [5.74, 6) is 0.868. The van der Waals surface area contributed by atoms with Crippen molar-refractivity contribution in [2.45, 2.75) is 363 Å². The van der Waals surface area contributed by atoms with Crippen LogP contribution < -0.4 is 0 Å². The number of carbonyl (C=O) groups is 4. The fourth-order valence-corrected chi connectivity index (χ4v) is 12.0. The molecule has 0 bridgehead atoms. The van der Waals surface area contributed by atoms with Crippen LogP contribution in [0.15, 0.2) is 0 Å². The number of phosphoric acid groups is 2. The Morgan fingerprint density at radius 2 is 0.539 bits per heavy atom. The Morgan fingerprint density at radius 3 is 0.798 bits per heavy atom. The van der Waals surface area contributed by atoms with Gasteiger partial charge in [0.25, 0.3) is 0 Å². The van der Waals surface area contributed by atoms with Crippen molar-refractivity contribution in [2.24, 2.45) is 23.7 Å². The lowest BCUT2D eigenvalue weighted by atomic mass is 9.99. The zero-order valence-electron chi connectivity index (χ0n) is 58.1. The highest BCUT2D eigenvalue weighted by Gasteiger charge is 2.30. The highest BCUT2D eigenvalue weighted by Crippen LogP contribution is 2.45. The molecule has 0 saturated heterocycles. The molecule has 0 aliphatic heterocycles. The van der Waals surface area contributed by atoms with Crippen LogP contribution in [0.1, 0.15) is 344 Å². The van der Waals surface area contributed by atoms with Gasteiger partial charge in [-0.05, 0) is 49.4 Å². The summed E-state index contributed by atoms with van der Waals surface area (Å²) in [4.78, 5) is 72.5. The number of phosphoric ester groups is 2. The van der Waals surface area contributed by atoms with Crippen LogP contribution in [0.5, 0.6) is 0 Å². The van der Waals surface area contributed by atoms with Crippen molar-refractivity contribution < 1.29 is 80.2 Å². The van der Waals surface area contributed by atoms with E-state index in [0.29, 0.717) is 31.6 Å². The topological polar surface area (TPSA) is 237 Å². The summed E-state index contributed by atoms with van der Waals surface area (Å²) >= 11 is 0. The van der Waals surface area contributed by atoms with Crippen LogP contribution in [-0.2, 0) is 65.4 Å². The van der Waals surface area contributed by atoms with Gasteiger partial charge in [0.2, 0.25) is 0 Å². The van der Waals surface area contributed by atoms with Crippen molar-refractivity contribution in [3.63, 3.8) is 0 Å². The van der Waals surface area contributed by atoms with E-state index in [-0.39, 0.29) is 25.7 Å². The van der Waals surface area contributed by atoms with Crippen molar-refractivity contribution in [1.29, 1.82) is 0 Å². The van der Waals surface area contributed by atoms with Crippen molar-refractivity contribution in [1.82, 2.24) is 0 Å². The van der Waals surface area contributed by atoms with E-state index in [4.69, 9.17) is 37.0 Å². The molecule has 17 nitrogen and oxygen atoms in total. The number of rotatable bonds is 67. The van der Waals surface area contributed by atoms with Crippen molar-refractivity contribution in [3.8, 4) is 0 Å². The predicted molar refractivity (Wildman–Crippen MR) is 358 cm³/mol. The average molecular weight is 1310 g/mol. The van der Waals surface area contributed by atoms with E-state index >= 15 is 0 Å². The Labute approximate surface area is 543 Å². The number of hydrogen-bond donors (Lipinski definition) is 3. The summed E-state index contributed by atoms with van der Waals surface area (Å²) in [7, 11) is -9.90. The number of aliphatic hydroxyl groups excluding tert-OH is 1. The van der Waals surface area contributed by atoms with Crippen LogP contribution in [-0.4, -0.2) is 96.7 Å². The summed E-state index contributed by atoms with van der Waals surface area (Å²) < 4.78 is 68.2. The van der Waals surface area contributed by atoms with Gasteiger partial charge in [0.05, 0.1) is 26.4 Å². The van der Waals surface area contributed by atoms with Gasteiger partial charge >= 0.3 is 39.5 Å². The number of esters is 4. The summed E-state index contributed by atoms with van der Waals surface area (Å²) in [5.41, 5.74) is 0. The number of hydrogen-bond acceptors (Lipinski definition) is 15. The number of carbonyl (C=O) groups excluding carboxylic acids is 4. The van der Waals surface area contributed by atoms with Crippen LogP contribution in [0.4, 0.5) is 0 Å². The Hall–Kier alpha value is -1.94. The molecule has 0 aliphatic carbocycles. The molecular formula is C70H136O17P2. The third-order valence-electron chi connectivity index (χ3n) is 16.8. The molecule has 0 aliphatic rings. The van der Waals surface area contributed by atoms with E-state index in [1.807, 2.05) is 0 Å². The third kappa shape index (κ3) is 62.0. The van der Waals surface area contributed by atoms with Gasteiger partial charge in [-0.1, -0.05) is 293 Å². The monoisotopic (exact) mass is 1310 g/mol. The standard InChI is InChI=1S/C70H136O17P2/c1-9-62(7)48-40-32-23-19-16-17-21-25-37-45-53-70(75)86-65(56-80-67(72)50-42-34-28-26-31-39-47-61(5)6)58-84-88(76,77)82-54-64(71)55-83-89(78,79)85-59-66(57-81-68(73)51-43-35-29-27-33-41-49-63(8)10-2)87-69(74)52-44-36-24-20-15-13-11-12-14-18-22-30-38-46-60(3)4/h60-66,71H,9-59H2,1-8H3,(H,76,77)(H,78,79)/t62?,63?,64-,65-,66-/m1/s1. The van der Waals surface area contributed by atoms with Crippen LogP contribution in [0.2, 0.25) is 0 Å². The lowest BCUT2D eigenvalue weighted by Gasteiger charge is -2.21. The van der Waals surface area contributed by atoms with E-state index in [0.717, 1.165) is 120 Å². The molecule has 0 aromatic rings. The quantitative estimate of drug-likeness (QED) is 0.0222. The molecule has 0 amide bonds. The fourth-order valence-electron chi connectivity index (χ4n) is 10.4. The number of ether oxygens (including phenoxy) is 4. The first-order chi connectivity index (χ1) is 42.7. The molecule has 0 saturated carbocycles. The van der Waals surface area contributed by atoms with Crippen molar-refractivity contribution in [2.75, 3.05) is 39.6 Å². The second-order valence-electron chi connectivity index (χ2n) is 26.7. The van der Waals surface area contributed by atoms with Crippen LogP contribution in [0.3, 0.4) is 0 Å². The zero-order chi connectivity index (χ0) is 66.1. The molecule has 0 rings (SSSR count). The number of unbranched alkanes of at least 4 members (excludes halogenated alkanes) is 31. The lowest BCUT2D eigenvalue weighted by Crippen LogP contribution is -2.30. The largest absolute Gasteiger partial charge is 0.472 e. The molecule has 0 aromatic heterocycles. The van der Waals surface area contributed by atoms with Gasteiger partial charge in [-0.15, -0.1) is 0 Å². The van der Waals surface area contributed by atoms with E-state index < -0.39 is 97.5 Å². The molecule has 4 unspecified atom stereocenters. The lowest BCUT2D eigenvalue weighted by molar-refractivity contribution is -0.161. The predicted octanol–water partition coefficient (Wildman–Crippen LogP) is 19.7. The molecule has 0 fully saturated rings. The SMILES string of the molecule is CCC(C)CCCCCCCCCCCCC(=O)O[C@H](COC(=O)CCCCCCCCC(C)C)COP(=O)(O)OC[C@@H](O)COP(=O)(O)OC[C@@H](COC(=O)CCCCCCCCC(C)CC)OC(=O)CCCCCCCCCCCCCCCC(C)C. The summed E-state index contributed by atoms with van der Waals surface area (Å²) in [6, 6.07) is 0. The molecule has 0 heterocycles. The van der Waals surface area contributed by atoms with Gasteiger partial charge in [0.1, 0.15) is 19.3 Å². The smallest absolute Gasteiger partial charge is 0.462 e. The van der Waals surface area contributed by atoms with Gasteiger partial charge < -0.3 is 33.8 Å². The van der Waals surface area contributed by atoms with Gasteiger partial charge in [0.15, 0.2) is 12.2 Å². The second kappa shape index (κ2) is 59.8. The Kier molecular flexibility index (Phi) is 58.5. The average Bonchev–Trinajstić information content (AvgIpc) is 3.63. The molecule has 89 heavy (non-hydrogen) atoms. The minimum Gasteiger partial charge on any atom is -0.462 e. The molecule has 0 radical (unpaired) electrons. The first kappa shape index (κ1) is 87.1. The Balaban J connectivity index is 5.24. The summed E-state index contributed by atoms with van der Waals surface area (Å²) in [6.45, 7) is 14.1. The second-order valence-corrected chi connectivity index (χ2v) is 29.6. The highest BCUT2D eigenvalue weighted by atomic mass is 31.2. The van der Waals surface area contributed by atoms with Crippen LogP contribution in [0, 0.1) is 23.7 Å². The Bertz CT molecular complexity index is 1770. The van der Waals surface area contributed by atoms with Crippen LogP contribution in [0.25, 0.3) is 0 Å². The summed E-state index contributed by atoms with van der Waals surface area (Å²) in [5, 5.41) is 10.6. The van der Waals surface area contributed by atoms with E-state index in [1.54, 1.807) is 0 Å². The molecular weight excluding hydrogens is 1170 g/mol. The summed E-state index contributed by atoms with van der Waals surface area (Å²) in [6.07, 6.45) is 41.8. The minimum atomic E-state index is -4.95. The third-order valence-corrected chi connectivity index (χ3v) is 18.7. The van der Waals surface area contributed by atoms with Crippen LogP contribution >= 0.6 is 15.6 Å². The first-order valence-corrected chi connectivity index (χ1v) is 39.3. The number of aliphatic hydroxyl groups is 1.